The molecule has 1 unspecified atom stereocenters. The molecule has 62 valence electrons. The Hall–Kier alpha value is -1.04. The van der Waals surface area contributed by atoms with Gasteiger partial charge in [-0.25, -0.2) is 0 Å². The minimum Gasteiger partial charge on any atom is -0.566 e. The number of rotatable bonds is 3. The van der Waals surface area contributed by atoms with Crippen LogP contribution in [0.1, 0.15) is 0 Å². The number of carbonyl (C=O) groups is 2. The van der Waals surface area contributed by atoms with Gasteiger partial charge in [0, 0.05) is 0 Å². The molecule has 0 fully saturated rings. The molecule has 0 aromatic carbocycles. The van der Waals surface area contributed by atoms with Crippen molar-refractivity contribution < 1.29 is 23.6 Å². The molecule has 7 nitrogen and oxygen atoms in total. The van der Waals surface area contributed by atoms with Gasteiger partial charge in [0.15, 0.2) is 6.73 Å². The van der Waals surface area contributed by atoms with Crippen LogP contribution in [0.4, 0.5) is 0 Å². The van der Waals surface area contributed by atoms with Crippen molar-refractivity contribution in [3.8, 4) is 0 Å². The van der Waals surface area contributed by atoms with Crippen LogP contribution < -0.4 is 15.9 Å². The average molecular weight is 180 g/mol. The Morgan fingerprint density at radius 3 is 2.55 bits per heavy atom. The maximum atomic E-state index is 10.3. The van der Waals surface area contributed by atoms with Crippen LogP contribution in [-0.2, 0) is 18.7 Å². The van der Waals surface area contributed by atoms with Crippen molar-refractivity contribution in [3.05, 3.63) is 0 Å². The van der Waals surface area contributed by atoms with Gasteiger partial charge in [-0.1, -0.05) is 0 Å². The first kappa shape index (κ1) is 9.96. The maximum absolute atomic E-state index is 10.3. The lowest BCUT2D eigenvalue weighted by Crippen LogP contribution is -2.36. The van der Waals surface area contributed by atoms with Gasteiger partial charge in [-0.05, 0) is 4.57 Å². The molecule has 11 heavy (non-hydrogen) atoms. The third-order valence-electron chi connectivity index (χ3n) is 0.626. The summed E-state index contributed by atoms with van der Waals surface area (Å²) in [5.74, 6) is -2.29. The van der Waals surface area contributed by atoms with Gasteiger partial charge in [-0.2, -0.15) is 0 Å². The van der Waals surface area contributed by atoms with Gasteiger partial charge in [0.1, 0.15) is 0 Å². The highest BCUT2D eigenvalue weighted by Gasteiger charge is 2.09. The molecule has 0 heterocycles. The molecular formula is C3H5N2O5P. The Kier molecular flexibility index (Phi) is 4.28. The Labute approximate surface area is 62.5 Å². The molecule has 0 spiro atoms. The summed E-state index contributed by atoms with van der Waals surface area (Å²) in [5.41, 5.74) is 4.50. The Bertz CT molecular complexity index is 192. The summed E-state index contributed by atoms with van der Waals surface area (Å²) >= 11 is 0. The van der Waals surface area contributed by atoms with E-state index in [9.17, 15) is 19.0 Å². The van der Waals surface area contributed by atoms with Crippen LogP contribution in [0.2, 0.25) is 0 Å². The standard InChI is InChI=1S/C3H5N2O5P/c4-2(6)3(7)5-1-10-11(8)9/h1H2,(H2,4,6)(H,5,7). The highest BCUT2D eigenvalue weighted by Crippen LogP contribution is 2.05. The predicted octanol–water partition coefficient (Wildman–Crippen LogP) is -2.42. The number of hydrogen-bond acceptors (Lipinski definition) is 5. The van der Waals surface area contributed by atoms with Gasteiger partial charge in [0.05, 0.1) is 0 Å². The van der Waals surface area contributed by atoms with E-state index in [1.165, 1.54) is 0 Å². The highest BCUT2D eigenvalue weighted by molar-refractivity contribution is 7.30. The lowest BCUT2D eigenvalue weighted by atomic mass is 10.6. The minimum absolute atomic E-state index is 0.583. The zero-order chi connectivity index (χ0) is 8.85. The minimum atomic E-state index is -3.02. The van der Waals surface area contributed by atoms with Crippen molar-refractivity contribution in [3.63, 3.8) is 0 Å². The lowest BCUT2D eigenvalue weighted by Gasteiger charge is -1.95. The maximum Gasteiger partial charge on any atom is 0.490 e. The van der Waals surface area contributed by atoms with E-state index in [-0.39, 0.29) is 0 Å². The molecule has 0 aromatic heterocycles. The quantitative estimate of drug-likeness (QED) is 0.284. The fourth-order valence-corrected chi connectivity index (χ4v) is 0.408. The van der Waals surface area contributed by atoms with Gasteiger partial charge in [0.2, 0.25) is 0 Å². The topological polar surface area (TPSA) is 122 Å². The molecule has 0 rings (SSSR count). The largest absolute Gasteiger partial charge is 0.566 e. The first-order chi connectivity index (χ1) is 5.04. The van der Waals surface area contributed by atoms with E-state index in [4.69, 9.17) is 0 Å². The molecule has 0 bridgehead atoms. The zero-order valence-corrected chi connectivity index (χ0v) is 6.17. The third-order valence-corrected chi connectivity index (χ3v) is 0.966. The summed E-state index contributed by atoms with van der Waals surface area (Å²) in [6, 6.07) is 0. The van der Waals surface area contributed by atoms with Crippen molar-refractivity contribution >= 4 is 20.1 Å². The first-order valence-electron chi connectivity index (χ1n) is 2.39. The number of nitrogens with two attached hydrogens (primary N) is 1. The lowest BCUT2D eigenvalue weighted by molar-refractivity contribution is -0.186. The summed E-state index contributed by atoms with van der Waals surface area (Å²) in [7, 11) is -3.02. The summed E-state index contributed by atoms with van der Waals surface area (Å²) < 4.78 is 13.6. The van der Waals surface area contributed by atoms with Crippen LogP contribution in [0.25, 0.3) is 0 Å². The molecule has 0 aliphatic rings. The second-order valence-corrected chi connectivity index (χ2v) is 2.07. The molecule has 3 N–H and O–H groups in total. The van der Waals surface area contributed by atoms with Gasteiger partial charge < -0.3 is 15.9 Å². The van der Waals surface area contributed by atoms with E-state index >= 15 is 0 Å². The van der Waals surface area contributed by atoms with Crippen LogP contribution in [0.15, 0.2) is 0 Å². The van der Waals surface area contributed by atoms with Crippen LogP contribution in [-0.4, -0.2) is 18.5 Å². The van der Waals surface area contributed by atoms with E-state index in [0.29, 0.717) is 0 Å². The number of carbonyl (C=O) groups excluding carboxylic acids is 2. The van der Waals surface area contributed by atoms with E-state index < -0.39 is 26.8 Å². The fraction of sp³-hybridized carbons (Fsp3) is 0.333. The van der Waals surface area contributed by atoms with Gasteiger partial charge >= 0.3 is 20.1 Å². The Balaban J connectivity index is 3.47. The Morgan fingerprint density at radius 1 is 1.64 bits per heavy atom. The van der Waals surface area contributed by atoms with Crippen molar-refractivity contribution in [1.29, 1.82) is 0 Å². The monoisotopic (exact) mass is 180 g/mol. The van der Waals surface area contributed by atoms with Crippen molar-refractivity contribution in [2.24, 2.45) is 5.73 Å². The van der Waals surface area contributed by atoms with Crippen LogP contribution >= 0.6 is 8.25 Å². The normalized spacial score (nSPS) is 10.5. The van der Waals surface area contributed by atoms with E-state index in [1.54, 1.807) is 5.32 Å². The summed E-state index contributed by atoms with van der Waals surface area (Å²) in [5, 5.41) is 1.79. The average Bonchev–Trinajstić information content (AvgIpc) is 1.86. The molecule has 1 atom stereocenters. The van der Waals surface area contributed by atoms with Gasteiger partial charge in [-0.15, -0.1) is 4.52 Å². The van der Waals surface area contributed by atoms with Crippen LogP contribution in [0, 0.1) is 0 Å². The molecule has 0 radical (unpaired) electrons. The summed E-state index contributed by atoms with van der Waals surface area (Å²) in [6.45, 7) is -0.583. The SMILES string of the molecule is NC(=O)C(=O)NCO[P+](=O)[O-]. The van der Waals surface area contributed by atoms with E-state index in [0.717, 1.165) is 0 Å². The number of primary amides is 1. The van der Waals surface area contributed by atoms with Crippen LogP contribution in [0.3, 0.4) is 0 Å². The zero-order valence-electron chi connectivity index (χ0n) is 5.27. The number of amides is 2. The van der Waals surface area contributed by atoms with Crippen LogP contribution in [0.5, 0.6) is 0 Å². The van der Waals surface area contributed by atoms with Gasteiger partial charge in [0.25, 0.3) is 0 Å². The molecule has 0 saturated carbocycles. The Morgan fingerprint density at radius 2 is 2.18 bits per heavy atom. The van der Waals surface area contributed by atoms with Crippen molar-refractivity contribution in [2.75, 3.05) is 6.73 Å². The van der Waals surface area contributed by atoms with E-state index in [2.05, 4.69) is 10.3 Å². The molecule has 0 aliphatic heterocycles. The summed E-state index contributed by atoms with van der Waals surface area (Å²) in [6.07, 6.45) is 0. The molecule has 8 heteroatoms. The molecule has 0 aromatic rings. The third kappa shape index (κ3) is 5.41. The summed E-state index contributed by atoms with van der Waals surface area (Å²) in [4.78, 5) is 29.9. The fourth-order valence-electron chi connectivity index (χ4n) is 0.238. The smallest absolute Gasteiger partial charge is 0.490 e. The molecular weight excluding hydrogens is 175 g/mol. The molecule has 0 saturated heterocycles. The van der Waals surface area contributed by atoms with Crippen molar-refractivity contribution in [2.45, 2.75) is 0 Å². The second-order valence-electron chi connectivity index (χ2n) is 1.37. The predicted molar refractivity (Wildman–Crippen MR) is 30.9 cm³/mol. The number of hydrogen-bond donors (Lipinski definition) is 2. The first-order valence-corrected chi connectivity index (χ1v) is 3.48. The van der Waals surface area contributed by atoms with Gasteiger partial charge in [-0.3, -0.25) is 9.59 Å². The second kappa shape index (κ2) is 4.73. The number of nitrogens with one attached hydrogen (secondary N) is 1. The molecule has 2 amide bonds. The van der Waals surface area contributed by atoms with Crippen molar-refractivity contribution in [1.82, 2.24) is 5.32 Å². The molecule has 0 aliphatic carbocycles. The highest BCUT2D eigenvalue weighted by atomic mass is 31.1. The van der Waals surface area contributed by atoms with E-state index in [1.807, 2.05) is 0 Å².